The summed E-state index contributed by atoms with van der Waals surface area (Å²) in [5.41, 5.74) is 5.59. The molecule has 1 amide bonds. The van der Waals surface area contributed by atoms with Gasteiger partial charge in [0.05, 0.1) is 12.0 Å². The van der Waals surface area contributed by atoms with Gasteiger partial charge < -0.3 is 15.5 Å². The molecule has 2 unspecified atom stereocenters. The highest BCUT2D eigenvalue weighted by atomic mass is 16.3. The summed E-state index contributed by atoms with van der Waals surface area (Å²) in [4.78, 5) is 12.1. The van der Waals surface area contributed by atoms with Crippen LogP contribution in [0, 0.1) is 12.3 Å². The monoisotopic (exact) mass is 236 g/mol. The second kappa shape index (κ2) is 4.53. The minimum absolute atomic E-state index is 0.0270. The van der Waals surface area contributed by atoms with Crippen LogP contribution in [-0.2, 0) is 11.3 Å². The molecule has 0 spiro atoms. The Balaban J connectivity index is 1.93. The van der Waals surface area contributed by atoms with Crippen molar-refractivity contribution in [2.24, 2.45) is 11.1 Å². The van der Waals surface area contributed by atoms with Crippen molar-refractivity contribution in [1.82, 2.24) is 5.32 Å². The number of hydrogen-bond donors (Lipinski definition) is 2. The SMILES string of the molecule is Cc1ccc(CNC(=O)C2(C)CCCC2N)o1. The van der Waals surface area contributed by atoms with E-state index >= 15 is 0 Å². The fraction of sp³-hybridized carbons (Fsp3) is 0.615. The Bertz CT molecular complexity index is 413. The van der Waals surface area contributed by atoms with Crippen LogP contribution in [0.1, 0.15) is 37.7 Å². The molecule has 3 N–H and O–H groups in total. The molecule has 0 saturated heterocycles. The van der Waals surface area contributed by atoms with E-state index in [1.807, 2.05) is 26.0 Å². The number of aryl methyl sites for hydroxylation is 1. The van der Waals surface area contributed by atoms with E-state index < -0.39 is 5.41 Å². The van der Waals surface area contributed by atoms with Gasteiger partial charge in [-0.2, -0.15) is 0 Å². The number of rotatable bonds is 3. The molecule has 4 heteroatoms. The molecule has 4 nitrogen and oxygen atoms in total. The van der Waals surface area contributed by atoms with Crippen molar-refractivity contribution in [1.29, 1.82) is 0 Å². The molecule has 1 aromatic heterocycles. The van der Waals surface area contributed by atoms with Gasteiger partial charge in [-0.15, -0.1) is 0 Å². The predicted octanol–water partition coefficient (Wildman–Crippen LogP) is 1.72. The first-order valence-corrected chi connectivity index (χ1v) is 6.11. The fourth-order valence-corrected chi connectivity index (χ4v) is 2.42. The molecular formula is C13H20N2O2. The van der Waals surface area contributed by atoms with E-state index in [0.717, 1.165) is 30.8 Å². The molecule has 0 aliphatic heterocycles. The predicted molar refractivity (Wildman–Crippen MR) is 65.2 cm³/mol. The summed E-state index contributed by atoms with van der Waals surface area (Å²) in [6.45, 7) is 4.28. The van der Waals surface area contributed by atoms with Gasteiger partial charge in [-0.3, -0.25) is 4.79 Å². The molecule has 0 bridgehead atoms. The standard InChI is InChI=1S/C13H20N2O2/c1-9-5-6-10(17-9)8-15-12(16)13(2)7-3-4-11(13)14/h5-6,11H,3-4,7-8,14H2,1-2H3,(H,15,16). The maximum atomic E-state index is 12.1. The van der Waals surface area contributed by atoms with Gasteiger partial charge in [-0.05, 0) is 38.8 Å². The minimum Gasteiger partial charge on any atom is -0.465 e. The van der Waals surface area contributed by atoms with Crippen LogP contribution >= 0.6 is 0 Å². The smallest absolute Gasteiger partial charge is 0.227 e. The van der Waals surface area contributed by atoms with Crippen molar-refractivity contribution in [2.45, 2.75) is 45.7 Å². The Morgan fingerprint density at radius 1 is 1.65 bits per heavy atom. The van der Waals surface area contributed by atoms with Gasteiger partial charge in [0, 0.05) is 6.04 Å². The van der Waals surface area contributed by atoms with E-state index in [1.54, 1.807) is 0 Å². The van der Waals surface area contributed by atoms with Gasteiger partial charge >= 0.3 is 0 Å². The third-order valence-corrected chi connectivity index (χ3v) is 3.77. The van der Waals surface area contributed by atoms with Crippen LogP contribution in [0.2, 0.25) is 0 Å². The maximum absolute atomic E-state index is 12.1. The van der Waals surface area contributed by atoms with Gasteiger partial charge in [-0.25, -0.2) is 0 Å². The Kier molecular flexibility index (Phi) is 3.24. The van der Waals surface area contributed by atoms with Crippen molar-refractivity contribution < 1.29 is 9.21 Å². The number of hydrogen-bond acceptors (Lipinski definition) is 3. The zero-order chi connectivity index (χ0) is 12.5. The summed E-state index contributed by atoms with van der Waals surface area (Å²) < 4.78 is 5.41. The van der Waals surface area contributed by atoms with Gasteiger partial charge in [-0.1, -0.05) is 6.42 Å². The summed E-state index contributed by atoms with van der Waals surface area (Å²) in [6.07, 6.45) is 2.84. The van der Waals surface area contributed by atoms with Gasteiger partial charge in [0.25, 0.3) is 0 Å². The first kappa shape index (κ1) is 12.2. The molecule has 1 aromatic rings. The first-order valence-electron chi connectivity index (χ1n) is 6.11. The highest BCUT2D eigenvalue weighted by Crippen LogP contribution is 2.36. The lowest BCUT2D eigenvalue weighted by Gasteiger charge is -2.27. The number of carbonyl (C=O) groups is 1. The quantitative estimate of drug-likeness (QED) is 0.839. The van der Waals surface area contributed by atoms with Crippen molar-refractivity contribution in [3.63, 3.8) is 0 Å². The Morgan fingerprint density at radius 2 is 2.41 bits per heavy atom. The topological polar surface area (TPSA) is 68.3 Å². The molecule has 2 rings (SSSR count). The van der Waals surface area contributed by atoms with Crippen molar-refractivity contribution in [3.05, 3.63) is 23.7 Å². The number of furan rings is 1. The molecule has 1 saturated carbocycles. The van der Waals surface area contributed by atoms with Crippen LogP contribution in [0.15, 0.2) is 16.5 Å². The first-order chi connectivity index (χ1) is 8.02. The maximum Gasteiger partial charge on any atom is 0.227 e. The highest BCUT2D eigenvalue weighted by molar-refractivity contribution is 5.83. The van der Waals surface area contributed by atoms with E-state index in [1.165, 1.54) is 0 Å². The number of nitrogens with one attached hydrogen (secondary N) is 1. The molecule has 0 radical (unpaired) electrons. The zero-order valence-electron chi connectivity index (χ0n) is 10.5. The molecule has 1 aliphatic carbocycles. The van der Waals surface area contributed by atoms with Crippen LogP contribution in [0.3, 0.4) is 0 Å². The largest absolute Gasteiger partial charge is 0.465 e. The molecule has 1 heterocycles. The van der Waals surface area contributed by atoms with Crippen LogP contribution in [0.5, 0.6) is 0 Å². The molecule has 2 atom stereocenters. The minimum atomic E-state index is -0.415. The average Bonchev–Trinajstić information content (AvgIpc) is 2.84. The number of nitrogens with two attached hydrogens (primary N) is 1. The number of amides is 1. The lowest BCUT2D eigenvalue weighted by Crippen LogP contribution is -2.47. The normalized spacial score (nSPS) is 28.3. The van der Waals surface area contributed by atoms with E-state index in [4.69, 9.17) is 10.2 Å². The molecule has 1 aliphatic rings. The molecule has 17 heavy (non-hydrogen) atoms. The average molecular weight is 236 g/mol. The van der Waals surface area contributed by atoms with Crippen LogP contribution < -0.4 is 11.1 Å². The van der Waals surface area contributed by atoms with E-state index in [0.29, 0.717) is 6.54 Å². The van der Waals surface area contributed by atoms with E-state index in [2.05, 4.69) is 5.32 Å². The van der Waals surface area contributed by atoms with Crippen LogP contribution in [0.4, 0.5) is 0 Å². The third-order valence-electron chi connectivity index (χ3n) is 3.77. The van der Waals surface area contributed by atoms with Crippen LogP contribution in [0.25, 0.3) is 0 Å². The van der Waals surface area contributed by atoms with Crippen molar-refractivity contribution >= 4 is 5.91 Å². The van der Waals surface area contributed by atoms with Crippen molar-refractivity contribution in [3.8, 4) is 0 Å². The Morgan fingerprint density at radius 3 is 2.94 bits per heavy atom. The highest BCUT2D eigenvalue weighted by Gasteiger charge is 2.42. The summed E-state index contributed by atoms with van der Waals surface area (Å²) in [7, 11) is 0. The molecule has 0 aromatic carbocycles. The lowest BCUT2D eigenvalue weighted by atomic mass is 9.84. The second-order valence-electron chi connectivity index (χ2n) is 5.11. The molecule has 94 valence electrons. The second-order valence-corrected chi connectivity index (χ2v) is 5.11. The van der Waals surface area contributed by atoms with Crippen molar-refractivity contribution in [2.75, 3.05) is 0 Å². The summed E-state index contributed by atoms with van der Waals surface area (Å²) in [6, 6.07) is 3.75. The Hall–Kier alpha value is -1.29. The Labute approximate surface area is 102 Å². The zero-order valence-corrected chi connectivity index (χ0v) is 10.5. The summed E-state index contributed by atoms with van der Waals surface area (Å²) in [5.74, 6) is 1.68. The van der Waals surface area contributed by atoms with Gasteiger partial charge in [0.1, 0.15) is 11.5 Å². The van der Waals surface area contributed by atoms with E-state index in [-0.39, 0.29) is 11.9 Å². The van der Waals surface area contributed by atoms with Gasteiger partial charge in [0.2, 0.25) is 5.91 Å². The molecular weight excluding hydrogens is 216 g/mol. The summed E-state index contributed by atoms with van der Waals surface area (Å²) in [5, 5.41) is 2.91. The fourth-order valence-electron chi connectivity index (χ4n) is 2.42. The third kappa shape index (κ3) is 2.36. The van der Waals surface area contributed by atoms with E-state index in [9.17, 15) is 4.79 Å². The molecule has 1 fully saturated rings. The number of carbonyl (C=O) groups excluding carboxylic acids is 1. The summed E-state index contributed by atoms with van der Waals surface area (Å²) >= 11 is 0. The van der Waals surface area contributed by atoms with Gasteiger partial charge in [0.15, 0.2) is 0 Å². The lowest BCUT2D eigenvalue weighted by molar-refractivity contribution is -0.130. The van der Waals surface area contributed by atoms with Crippen LogP contribution in [-0.4, -0.2) is 11.9 Å².